The van der Waals surface area contributed by atoms with Crippen molar-refractivity contribution in [1.82, 2.24) is 10.2 Å². The molecule has 1 aromatic rings. The summed E-state index contributed by atoms with van der Waals surface area (Å²) in [7, 11) is 0. The van der Waals surface area contributed by atoms with E-state index in [0.29, 0.717) is 6.79 Å². The largest absolute Gasteiger partial charge is 0.454 e. The molecule has 1 aromatic carbocycles. The minimum atomic E-state index is 0.350. The molecule has 1 unspecified atom stereocenters. The first-order chi connectivity index (χ1) is 10.4. The van der Waals surface area contributed by atoms with E-state index < -0.39 is 0 Å². The van der Waals surface area contributed by atoms with Crippen LogP contribution in [0.4, 0.5) is 0 Å². The highest BCUT2D eigenvalue weighted by atomic mass is 16.7. The molecule has 4 nitrogen and oxygen atoms in total. The summed E-state index contributed by atoms with van der Waals surface area (Å²) in [5.74, 6) is 1.76. The van der Waals surface area contributed by atoms with Gasteiger partial charge >= 0.3 is 0 Å². The highest BCUT2D eigenvalue weighted by Gasteiger charge is 2.23. The van der Waals surface area contributed by atoms with Gasteiger partial charge in [0, 0.05) is 32.2 Å². The first kappa shape index (κ1) is 13.2. The van der Waals surface area contributed by atoms with Crippen LogP contribution in [0.1, 0.15) is 24.8 Å². The van der Waals surface area contributed by atoms with Crippen LogP contribution in [0.15, 0.2) is 24.3 Å². The highest BCUT2D eigenvalue weighted by Crippen LogP contribution is 2.37. The van der Waals surface area contributed by atoms with E-state index in [1.807, 2.05) is 6.07 Å². The molecule has 0 saturated carbocycles. The molecule has 2 aliphatic heterocycles. The Kier molecular flexibility index (Phi) is 3.57. The summed E-state index contributed by atoms with van der Waals surface area (Å²) >= 11 is 0. The lowest BCUT2D eigenvalue weighted by Gasteiger charge is -2.36. The smallest absolute Gasteiger partial charge is 0.231 e. The summed E-state index contributed by atoms with van der Waals surface area (Å²) in [6.07, 6.45) is 6.02. The highest BCUT2D eigenvalue weighted by molar-refractivity contribution is 5.69. The fourth-order valence-electron chi connectivity index (χ4n) is 3.56. The van der Waals surface area contributed by atoms with Crippen LogP contribution >= 0.6 is 0 Å². The van der Waals surface area contributed by atoms with Gasteiger partial charge in [0.2, 0.25) is 6.79 Å². The Labute approximate surface area is 125 Å². The van der Waals surface area contributed by atoms with E-state index in [2.05, 4.69) is 28.4 Å². The van der Waals surface area contributed by atoms with Crippen molar-refractivity contribution >= 4 is 5.57 Å². The van der Waals surface area contributed by atoms with E-state index in [-0.39, 0.29) is 0 Å². The third-order valence-electron chi connectivity index (χ3n) is 4.79. The van der Waals surface area contributed by atoms with Crippen LogP contribution in [0.5, 0.6) is 11.5 Å². The van der Waals surface area contributed by atoms with Gasteiger partial charge in [0.1, 0.15) is 0 Å². The molecule has 112 valence electrons. The second-order valence-corrected chi connectivity index (χ2v) is 6.01. The average Bonchev–Trinajstić information content (AvgIpc) is 3.03. The SMILES string of the molecule is C1=C(c2ccc3c(c2)OCO3)CCC(N2CCNCC2)C1. The van der Waals surface area contributed by atoms with Gasteiger partial charge in [0.15, 0.2) is 11.5 Å². The van der Waals surface area contributed by atoms with E-state index >= 15 is 0 Å². The Balaban J connectivity index is 1.46. The van der Waals surface area contributed by atoms with Crippen LogP contribution in [0.2, 0.25) is 0 Å². The maximum absolute atomic E-state index is 5.48. The van der Waals surface area contributed by atoms with E-state index in [9.17, 15) is 0 Å². The van der Waals surface area contributed by atoms with Gasteiger partial charge in [-0.15, -0.1) is 0 Å². The van der Waals surface area contributed by atoms with Crippen molar-refractivity contribution < 1.29 is 9.47 Å². The lowest BCUT2D eigenvalue weighted by molar-refractivity contribution is 0.164. The van der Waals surface area contributed by atoms with E-state index in [0.717, 1.165) is 37.1 Å². The Morgan fingerprint density at radius 2 is 1.95 bits per heavy atom. The summed E-state index contributed by atoms with van der Waals surface area (Å²) in [5.41, 5.74) is 2.75. The van der Waals surface area contributed by atoms with E-state index in [1.54, 1.807) is 0 Å². The summed E-state index contributed by atoms with van der Waals surface area (Å²) in [6.45, 7) is 5.00. The standard InChI is InChI=1S/C17H22N2O2/c1-4-15(19-9-7-18-8-10-19)5-2-13(1)14-3-6-16-17(11-14)21-12-20-16/h1,3,6,11,15,18H,2,4-5,7-10,12H2. The van der Waals surface area contributed by atoms with E-state index in [4.69, 9.17) is 9.47 Å². The van der Waals surface area contributed by atoms with Crippen LogP contribution in [0, 0.1) is 0 Å². The maximum Gasteiger partial charge on any atom is 0.231 e. The molecule has 1 atom stereocenters. The van der Waals surface area contributed by atoms with Crippen LogP contribution in [-0.2, 0) is 0 Å². The molecule has 4 heteroatoms. The van der Waals surface area contributed by atoms with Gasteiger partial charge in [-0.1, -0.05) is 12.1 Å². The Morgan fingerprint density at radius 1 is 1.10 bits per heavy atom. The van der Waals surface area contributed by atoms with Crippen molar-refractivity contribution in [3.63, 3.8) is 0 Å². The minimum Gasteiger partial charge on any atom is -0.454 e. The molecule has 0 aromatic heterocycles. The number of rotatable bonds is 2. The Hall–Kier alpha value is -1.52. The predicted octanol–water partition coefficient (Wildman–Crippen LogP) is 2.26. The van der Waals surface area contributed by atoms with Crippen LogP contribution < -0.4 is 14.8 Å². The Bertz CT molecular complexity index is 550. The maximum atomic E-state index is 5.48. The van der Waals surface area contributed by atoms with Gasteiger partial charge in [0.05, 0.1) is 0 Å². The summed E-state index contributed by atoms with van der Waals surface area (Å²) in [4.78, 5) is 2.64. The second-order valence-electron chi connectivity index (χ2n) is 6.01. The minimum absolute atomic E-state index is 0.350. The number of fused-ring (bicyclic) bond motifs is 1. The van der Waals surface area contributed by atoms with Crippen molar-refractivity contribution in [2.75, 3.05) is 33.0 Å². The fourth-order valence-corrected chi connectivity index (χ4v) is 3.56. The first-order valence-electron chi connectivity index (χ1n) is 7.94. The molecule has 1 saturated heterocycles. The molecule has 3 aliphatic rings. The quantitative estimate of drug-likeness (QED) is 0.904. The second kappa shape index (κ2) is 5.70. The lowest BCUT2D eigenvalue weighted by Crippen LogP contribution is -2.48. The van der Waals surface area contributed by atoms with Crippen LogP contribution in [0.3, 0.4) is 0 Å². The summed E-state index contributed by atoms with van der Waals surface area (Å²) in [6, 6.07) is 7.04. The number of piperazine rings is 1. The Morgan fingerprint density at radius 3 is 2.76 bits per heavy atom. The number of ether oxygens (including phenoxy) is 2. The molecule has 0 spiro atoms. The number of hydrogen-bond donors (Lipinski definition) is 1. The average molecular weight is 286 g/mol. The monoisotopic (exact) mass is 286 g/mol. The molecular formula is C17H22N2O2. The molecule has 1 N–H and O–H groups in total. The van der Waals surface area contributed by atoms with Crippen molar-refractivity contribution in [2.24, 2.45) is 0 Å². The van der Waals surface area contributed by atoms with Gasteiger partial charge in [-0.25, -0.2) is 0 Å². The zero-order valence-electron chi connectivity index (χ0n) is 12.3. The summed E-state index contributed by atoms with van der Waals surface area (Å²) < 4.78 is 10.9. The lowest BCUT2D eigenvalue weighted by atomic mass is 9.89. The van der Waals surface area contributed by atoms with Gasteiger partial charge in [0.25, 0.3) is 0 Å². The van der Waals surface area contributed by atoms with Crippen molar-refractivity contribution in [1.29, 1.82) is 0 Å². The topological polar surface area (TPSA) is 33.7 Å². The molecular weight excluding hydrogens is 264 g/mol. The number of hydrogen-bond acceptors (Lipinski definition) is 4. The molecule has 0 amide bonds. The van der Waals surface area contributed by atoms with Crippen molar-refractivity contribution in [3.8, 4) is 11.5 Å². The number of benzene rings is 1. The van der Waals surface area contributed by atoms with Gasteiger partial charge < -0.3 is 14.8 Å². The fraction of sp³-hybridized carbons (Fsp3) is 0.529. The molecule has 0 radical (unpaired) electrons. The van der Waals surface area contributed by atoms with Crippen molar-refractivity contribution in [3.05, 3.63) is 29.8 Å². The van der Waals surface area contributed by atoms with Crippen LogP contribution in [-0.4, -0.2) is 43.9 Å². The first-order valence-corrected chi connectivity index (χ1v) is 7.94. The van der Waals surface area contributed by atoms with Gasteiger partial charge in [-0.2, -0.15) is 0 Å². The van der Waals surface area contributed by atoms with Gasteiger partial charge in [-0.3, -0.25) is 4.90 Å². The molecule has 1 aliphatic carbocycles. The third-order valence-corrected chi connectivity index (χ3v) is 4.79. The number of nitrogens with zero attached hydrogens (tertiary/aromatic N) is 1. The molecule has 1 fully saturated rings. The number of nitrogens with one attached hydrogen (secondary N) is 1. The van der Waals surface area contributed by atoms with Gasteiger partial charge in [-0.05, 0) is 42.5 Å². The number of allylic oxidation sites excluding steroid dienone is 1. The van der Waals surface area contributed by atoms with Crippen LogP contribution in [0.25, 0.3) is 5.57 Å². The molecule has 2 heterocycles. The zero-order valence-corrected chi connectivity index (χ0v) is 12.3. The normalized spacial score (nSPS) is 25.7. The molecule has 4 rings (SSSR count). The third kappa shape index (κ3) is 2.65. The molecule has 0 bridgehead atoms. The predicted molar refractivity (Wildman–Crippen MR) is 82.6 cm³/mol. The zero-order chi connectivity index (χ0) is 14.1. The van der Waals surface area contributed by atoms with Crippen molar-refractivity contribution in [2.45, 2.75) is 25.3 Å². The summed E-state index contributed by atoms with van der Waals surface area (Å²) in [5, 5.41) is 3.43. The van der Waals surface area contributed by atoms with E-state index in [1.165, 1.54) is 37.1 Å². The molecule has 21 heavy (non-hydrogen) atoms.